The van der Waals surface area contributed by atoms with Crippen molar-refractivity contribution in [1.82, 2.24) is 4.98 Å². The molecule has 104 valence electrons. The first-order valence-electron chi connectivity index (χ1n) is 5.66. The highest BCUT2D eigenvalue weighted by Gasteiger charge is 2.10. The maximum absolute atomic E-state index is 11.9. The van der Waals surface area contributed by atoms with E-state index >= 15 is 0 Å². The van der Waals surface area contributed by atoms with E-state index in [4.69, 9.17) is 0 Å². The number of hydrogen-bond acceptors (Lipinski definition) is 4. The van der Waals surface area contributed by atoms with Crippen molar-refractivity contribution in [2.24, 2.45) is 0 Å². The Hall–Kier alpha value is -2.41. The van der Waals surface area contributed by atoms with Gasteiger partial charge in [0.15, 0.2) is 9.84 Å². The minimum absolute atomic E-state index is 0.112. The zero-order valence-corrected chi connectivity index (χ0v) is 11.4. The molecule has 2 rings (SSSR count). The minimum Gasteiger partial charge on any atom is -0.329 e. The Kier molecular flexibility index (Phi) is 3.71. The normalized spacial score (nSPS) is 11.1. The van der Waals surface area contributed by atoms with E-state index in [0.29, 0.717) is 5.69 Å². The molecule has 0 spiro atoms. The zero-order chi connectivity index (χ0) is 14.8. The molecule has 7 heteroatoms. The van der Waals surface area contributed by atoms with Crippen LogP contribution in [0.3, 0.4) is 0 Å². The van der Waals surface area contributed by atoms with Crippen LogP contribution in [0.15, 0.2) is 52.3 Å². The molecule has 0 aliphatic carbocycles. The van der Waals surface area contributed by atoms with Crippen LogP contribution in [-0.4, -0.2) is 25.6 Å². The topological polar surface area (TPSA) is 96.1 Å². The first kappa shape index (κ1) is 14.0. The van der Waals surface area contributed by atoms with E-state index in [-0.39, 0.29) is 16.0 Å². The Morgan fingerprint density at radius 3 is 2.60 bits per heavy atom. The van der Waals surface area contributed by atoms with Crippen molar-refractivity contribution in [1.29, 1.82) is 0 Å². The van der Waals surface area contributed by atoms with E-state index in [1.54, 1.807) is 6.07 Å². The highest BCUT2D eigenvalue weighted by molar-refractivity contribution is 7.90. The first-order chi connectivity index (χ1) is 9.36. The third kappa shape index (κ3) is 3.33. The van der Waals surface area contributed by atoms with Gasteiger partial charge in [0.25, 0.3) is 5.91 Å². The van der Waals surface area contributed by atoms with Gasteiger partial charge in [-0.05, 0) is 24.3 Å². The molecule has 0 bridgehead atoms. The standard InChI is InChI=1S/C13H12N2O4S/c1-20(18,19)11-4-2-3-10(8-11)15-13(17)9-5-6-14-12(16)7-9/h2-8H,1H3,(H,14,16)(H,15,17). The average molecular weight is 292 g/mol. The first-order valence-corrected chi connectivity index (χ1v) is 7.55. The fourth-order valence-corrected chi connectivity index (χ4v) is 2.26. The molecule has 6 nitrogen and oxygen atoms in total. The number of anilines is 1. The van der Waals surface area contributed by atoms with Crippen LogP contribution >= 0.6 is 0 Å². The van der Waals surface area contributed by atoms with E-state index in [2.05, 4.69) is 10.3 Å². The van der Waals surface area contributed by atoms with Crippen molar-refractivity contribution >= 4 is 21.4 Å². The van der Waals surface area contributed by atoms with Gasteiger partial charge in [0, 0.05) is 29.8 Å². The third-order valence-corrected chi connectivity index (χ3v) is 3.67. The number of pyridine rings is 1. The highest BCUT2D eigenvalue weighted by atomic mass is 32.2. The van der Waals surface area contributed by atoms with Crippen LogP contribution in [0.4, 0.5) is 5.69 Å². The summed E-state index contributed by atoms with van der Waals surface area (Å²) < 4.78 is 22.9. The summed E-state index contributed by atoms with van der Waals surface area (Å²) in [4.78, 5) is 25.5. The lowest BCUT2D eigenvalue weighted by molar-refractivity contribution is 0.102. The lowest BCUT2D eigenvalue weighted by Gasteiger charge is -2.06. The fourth-order valence-electron chi connectivity index (χ4n) is 1.59. The van der Waals surface area contributed by atoms with Gasteiger partial charge in [-0.1, -0.05) is 6.07 Å². The molecule has 0 fully saturated rings. The van der Waals surface area contributed by atoms with Crippen LogP contribution in [0.5, 0.6) is 0 Å². The third-order valence-electron chi connectivity index (χ3n) is 2.56. The van der Waals surface area contributed by atoms with Gasteiger partial charge in [0.1, 0.15) is 0 Å². The SMILES string of the molecule is CS(=O)(=O)c1cccc(NC(=O)c2cc[nH]c(=O)c2)c1. The van der Waals surface area contributed by atoms with Gasteiger partial charge in [-0.2, -0.15) is 0 Å². The number of carbonyl (C=O) groups excluding carboxylic acids is 1. The van der Waals surface area contributed by atoms with Gasteiger partial charge in [0.05, 0.1) is 4.90 Å². The van der Waals surface area contributed by atoms with Gasteiger partial charge in [-0.25, -0.2) is 8.42 Å². The van der Waals surface area contributed by atoms with Gasteiger partial charge < -0.3 is 10.3 Å². The number of hydrogen-bond donors (Lipinski definition) is 2. The average Bonchev–Trinajstić information content (AvgIpc) is 2.38. The predicted octanol–water partition coefficient (Wildman–Crippen LogP) is 1.03. The van der Waals surface area contributed by atoms with Crippen molar-refractivity contribution in [3.8, 4) is 0 Å². The largest absolute Gasteiger partial charge is 0.329 e. The molecule has 0 saturated carbocycles. The van der Waals surface area contributed by atoms with Crippen LogP contribution in [-0.2, 0) is 9.84 Å². The summed E-state index contributed by atoms with van der Waals surface area (Å²) in [6.45, 7) is 0. The van der Waals surface area contributed by atoms with Crippen molar-refractivity contribution in [2.45, 2.75) is 4.90 Å². The summed E-state index contributed by atoms with van der Waals surface area (Å²) in [6, 6.07) is 8.52. The van der Waals surface area contributed by atoms with Crippen LogP contribution in [0, 0.1) is 0 Å². The van der Waals surface area contributed by atoms with Gasteiger partial charge in [-0.3, -0.25) is 9.59 Å². The second-order valence-corrected chi connectivity index (χ2v) is 6.21. The molecule has 20 heavy (non-hydrogen) atoms. The summed E-state index contributed by atoms with van der Waals surface area (Å²) in [5, 5.41) is 2.54. The van der Waals surface area contributed by atoms with Gasteiger partial charge in [-0.15, -0.1) is 0 Å². The van der Waals surface area contributed by atoms with Crippen LogP contribution in [0.2, 0.25) is 0 Å². The Labute approximate surface area is 115 Å². The fraction of sp³-hybridized carbons (Fsp3) is 0.0769. The summed E-state index contributed by atoms with van der Waals surface area (Å²) in [7, 11) is -3.34. The lowest BCUT2D eigenvalue weighted by Crippen LogP contribution is -2.15. The second-order valence-electron chi connectivity index (χ2n) is 4.20. The Morgan fingerprint density at radius 1 is 1.20 bits per heavy atom. The molecule has 0 aliphatic rings. The number of H-pyrrole nitrogens is 1. The van der Waals surface area contributed by atoms with Crippen LogP contribution < -0.4 is 10.9 Å². The number of amides is 1. The molecule has 0 radical (unpaired) electrons. The van der Waals surface area contributed by atoms with Gasteiger partial charge in [0.2, 0.25) is 5.56 Å². The molecule has 0 aliphatic heterocycles. The van der Waals surface area contributed by atoms with Crippen LogP contribution in [0.25, 0.3) is 0 Å². The highest BCUT2D eigenvalue weighted by Crippen LogP contribution is 2.15. The number of benzene rings is 1. The minimum atomic E-state index is -3.34. The van der Waals surface area contributed by atoms with E-state index in [1.165, 1.54) is 30.5 Å². The van der Waals surface area contributed by atoms with Crippen molar-refractivity contribution in [3.05, 3.63) is 58.5 Å². The van der Waals surface area contributed by atoms with E-state index < -0.39 is 15.7 Å². The van der Waals surface area contributed by atoms with Crippen molar-refractivity contribution in [2.75, 3.05) is 11.6 Å². The quantitative estimate of drug-likeness (QED) is 0.883. The molecular weight excluding hydrogens is 280 g/mol. The Morgan fingerprint density at radius 2 is 1.95 bits per heavy atom. The summed E-state index contributed by atoms with van der Waals surface area (Å²) in [6.07, 6.45) is 2.45. The number of aromatic nitrogens is 1. The van der Waals surface area contributed by atoms with Gasteiger partial charge >= 0.3 is 0 Å². The smallest absolute Gasteiger partial charge is 0.255 e. The molecule has 0 unspecified atom stereocenters. The monoisotopic (exact) mass is 292 g/mol. The summed E-state index contributed by atoms with van der Waals surface area (Å²) >= 11 is 0. The molecule has 0 atom stereocenters. The van der Waals surface area contributed by atoms with Crippen molar-refractivity contribution < 1.29 is 13.2 Å². The summed E-state index contributed by atoms with van der Waals surface area (Å²) in [5.41, 5.74) is 0.152. The number of sulfone groups is 1. The lowest BCUT2D eigenvalue weighted by atomic mass is 10.2. The Balaban J connectivity index is 2.27. The van der Waals surface area contributed by atoms with E-state index in [0.717, 1.165) is 12.3 Å². The van der Waals surface area contributed by atoms with E-state index in [1.807, 2.05) is 0 Å². The molecule has 1 amide bonds. The molecule has 0 saturated heterocycles. The zero-order valence-electron chi connectivity index (χ0n) is 10.6. The predicted molar refractivity (Wildman–Crippen MR) is 74.6 cm³/mol. The second kappa shape index (κ2) is 5.30. The molecule has 1 heterocycles. The Bertz CT molecular complexity index is 809. The van der Waals surface area contributed by atoms with Crippen LogP contribution in [0.1, 0.15) is 10.4 Å². The number of nitrogens with one attached hydrogen (secondary N) is 2. The number of rotatable bonds is 3. The maximum atomic E-state index is 11.9. The van der Waals surface area contributed by atoms with E-state index in [9.17, 15) is 18.0 Å². The summed E-state index contributed by atoms with van der Waals surface area (Å²) in [5.74, 6) is -0.484. The molecule has 1 aromatic heterocycles. The number of carbonyl (C=O) groups is 1. The maximum Gasteiger partial charge on any atom is 0.255 e. The molecule has 2 N–H and O–H groups in total. The number of aromatic amines is 1. The molecular formula is C13H12N2O4S. The van der Waals surface area contributed by atoms with Crippen molar-refractivity contribution in [3.63, 3.8) is 0 Å². The molecule has 1 aromatic carbocycles. The molecule has 2 aromatic rings.